The summed E-state index contributed by atoms with van der Waals surface area (Å²) < 4.78 is 0. The van der Waals surface area contributed by atoms with Gasteiger partial charge in [-0.1, -0.05) is 51.7 Å². The van der Waals surface area contributed by atoms with Crippen LogP contribution >= 0.6 is 12.2 Å². The molecule has 21 heavy (non-hydrogen) atoms. The highest BCUT2D eigenvalue weighted by Crippen LogP contribution is 2.12. The highest BCUT2D eigenvalue weighted by molar-refractivity contribution is 7.80. The molecule has 0 amide bonds. The van der Waals surface area contributed by atoms with Gasteiger partial charge in [0.1, 0.15) is 0 Å². The first kappa shape index (κ1) is 18.0. The van der Waals surface area contributed by atoms with Gasteiger partial charge in [0.2, 0.25) is 0 Å². The SMILES string of the molecule is CCCCCN(CCCCC)C(=S)Nc1cccc(C)c1. The molecule has 3 heteroatoms. The lowest BCUT2D eigenvalue weighted by Gasteiger charge is -2.26. The standard InChI is InChI=1S/C18H30N2S/c1-4-6-8-13-20(14-9-7-5-2)18(21)19-17-12-10-11-16(3)15-17/h10-12,15H,4-9,13-14H2,1-3H3,(H,19,21). The first-order valence-electron chi connectivity index (χ1n) is 8.30. The molecular formula is C18H30N2S. The molecule has 2 nitrogen and oxygen atoms in total. The second kappa shape index (κ2) is 10.6. The van der Waals surface area contributed by atoms with E-state index in [4.69, 9.17) is 12.2 Å². The van der Waals surface area contributed by atoms with Gasteiger partial charge < -0.3 is 10.2 Å². The van der Waals surface area contributed by atoms with Crippen molar-refractivity contribution in [2.45, 2.75) is 59.3 Å². The van der Waals surface area contributed by atoms with E-state index in [9.17, 15) is 0 Å². The van der Waals surface area contributed by atoms with Crippen molar-refractivity contribution in [2.24, 2.45) is 0 Å². The Morgan fingerprint density at radius 1 is 1.05 bits per heavy atom. The predicted octanol–water partition coefficient (Wildman–Crippen LogP) is 5.37. The van der Waals surface area contributed by atoms with Crippen LogP contribution in [0.25, 0.3) is 0 Å². The quantitative estimate of drug-likeness (QED) is 0.487. The molecule has 0 aliphatic heterocycles. The van der Waals surface area contributed by atoms with Gasteiger partial charge in [0.05, 0.1) is 0 Å². The van der Waals surface area contributed by atoms with Crippen molar-refractivity contribution < 1.29 is 0 Å². The average molecular weight is 307 g/mol. The third kappa shape index (κ3) is 7.47. The molecule has 0 fully saturated rings. The predicted molar refractivity (Wildman–Crippen MR) is 98.0 cm³/mol. The topological polar surface area (TPSA) is 15.3 Å². The van der Waals surface area contributed by atoms with Gasteiger partial charge in [-0.05, 0) is 49.7 Å². The van der Waals surface area contributed by atoms with Crippen LogP contribution in [0.2, 0.25) is 0 Å². The van der Waals surface area contributed by atoms with E-state index in [1.54, 1.807) is 0 Å². The van der Waals surface area contributed by atoms with E-state index in [0.717, 1.165) is 23.9 Å². The molecule has 0 aliphatic rings. The van der Waals surface area contributed by atoms with E-state index in [1.807, 2.05) is 0 Å². The summed E-state index contributed by atoms with van der Waals surface area (Å²) in [5.41, 5.74) is 2.35. The molecule has 1 N–H and O–H groups in total. The summed E-state index contributed by atoms with van der Waals surface area (Å²) in [4.78, 5) is 2.34. The number of unbranched alkanes of at least 4 members (excludes halogenated alkanes) is 4. The lowest BCUT2D eigenvalue weighted by atomic mass is 10.2. The molecule has 0 saturated carbocycles. The fourth-order valence-corrected chi connectivity index (χ4v) is 2.65. The summed E-state index contributed by atoms with van der Waals surface area (Å²) in [7, 11) is 0. The molecule has 0 aliphatic carbocycles. The van der Waals surface area contributed by atoms with Crippen molar-refractivity contribution in [3.05, 3.63) is 29.8 Å². The molecule has 0 radical (unpaired) electrons. The van der Waals surface area contributed by atoms with Crippen LogP contribution in [0.1, 0.15) is 57.9 Å². The van der Waals surface area contributed by atoms with Gasteiger partial charge in [0.15, 0.2) is 5.11 Å². The normalized spacial score (nSPS) is 10.4. The van der Waals surface area contributed by atoms with Gasteiger partial charge in [-0.3, -0.25) is 0 Å². The molecule has 118 valence electrons. The zero-order valence-electron chi connectivity index (χ0n) is 13.8. The van der Waals surface area contributed by atoms with Gasteiger partial charge >= 0.3 is 0 Å². The number of nitrogens with one attached hydrogen (secondary N) is 1. The number of benzene rings is 1. The molecule has 0 atom stereocenters. The maximum atomic E-state index is 5.61. The third-order valence-corrected chi connectivity index (χ3v) is 3.98. The number of anilines is 1. The summed E-state index contributed by atoms with van der Waals surface area (Å²) in [6.07, 6.45) is 7.49. The molecular weight excluding hydrogens is 276 g/mol. The molecule has 1 aromatic carbocycles. The summed E-state index contributed by atoms with van der Waals surface area (Å²) in [5, 5.41) is 4.26. The maximum absolute atomic E-state index is 5.61. The third-order valence-electron chi connectivity index (χ3n) is 3.62. The summed E-state index contributed by atoms with van der Waals surface area (Å²) in [6.45, 7) is 8.72. The fourth-order valence-electron chi connectivity index (χ4n) is 2.35. The van der Waals surface area contributed by atoms with Crippen LogP contribution in [0.3, 0.4) is 0 Å². The van der Waals surface area contributed by atoms with E-state index < -0.39 is 0 Å². The van der Waals surface area contributed by atoms with Gasteiger partial charge in [-0.2, -0.15) is 0 Å². The highest BCUT2D eigenvalue weighted by atomic mass is 32.1. The molecule has 1 rings (SSSR count). The smallest absolute Gasteiger partial charge is 0.173 e. The largest absolute Gasteiger partial charge is 0.349 e. The molecule has 0 saturated heterocycles. The molecule has 0 spiro atoms. The van der Waals surface area contributed by atoms with Crippen LogP contribution in [0.15, 0.2) is 24.3 Å². The molecule has 0 heterocycles. The van der Waals surface area contributed by atoms with Crippen molar-refractivity contribution in [1.82, 2.24) is 4.90 Å². The van der Waals surface area contributed by atoms with Crippen molar-refractivity contribution in [1.29, 1.82) is 0 Å². The lowest BCUT2D eigenvalue weighted by molar-refractivity contribution is 0.395. The fraction of sp³-hybridized carbons (Fsp3) is 0.611. The Kier molecular flexibility index (Phi) is 9.07. The van der Waals surface area contributed by atoms with E-state index in [2.05, 4.69) is 55.3 Å². The van der Waals surface area contributed by atoms with Crippen LogP contribution in [0.5, 0.6) is 0 Å². The first-order chi connectivity index (χ1) is 10.2. The van der Waals surface area contributed by atoms with Crippen molar-refractivity contribution in [3.63, 3.8) is 0 Å². The van der Waals surface area contributed by atoms with E-state index in [1.165, 1.54) is 44.1 Å². The van der Waals surface area contributed by atoms with Crippen LogP contribution in [-0.2, 0) is 0 Å². The first-order valence-corrected chi connectivity index (χ1v) is 8.70. The highest BCUT2D eigenvalue weighted by Gasteiger charge is 2.09. The van der Waals surface area contributed by atoms with Crippen LogP contribution < -0.4 is 5.32 Å². The number of hydrogen-bond acceptors (Lipinski definition) is 1. The number of rotatable bonds is 9. The van der Waals surface area contributed by atoms with Crippen molar-refractivity contribution >= 4 is 23.0 Å². The Hall–Kier alpha value is -1.09. The van der Waals surface area contributed by atoms with E-state index in [0.29, 0.717) is 0 Å². The minimum absolute atomic E-state index is 0.868. The Balaban J connectivity index is 2.55. The second-order valence-corrected chi connectivity index (χ2v) is 6.09. The number of aryl methyl sites for hydroxylation is 1. The van der Waals surface area contributed by atoms with Crippen molar-refractivity contribution in [3.8, 4) is 0 Å². The monoisotopic (exact) mass is 306 g/mol. The molecule has 0 bridgehead atoms. The molecule has 0 aromatic heterocycles. The Morgan fingerprint density at radius 3 is 2.19 bits per heavy atom. The van der Waals surface area contributed by atoms with Crippen LogP contribution in [0.4, 0.5) is 5.69 Å². The summed E-state index contributed by atoms with van der Waals surface area (Å²) in [6, 6.07) is 8.39. The number of thiocarbonyl (C=S) groups is 1. The van der Waals surface area contributed by atoms with Gasteiger partial charge in [-0.15, -0.1) is 0 Å². The van der Waals surface area contributed by atoms with Crippen LogP contribution in [0, 0.1) is 6.92 Å². The zero-order chi connectivity index (χ0) is 15.5. The summed E-state index contributed by atoms with van der Waals surface area (Å²) in [5.74, 6) is 0. The number of hydrogen-bond donors (Lipinski definition) is 1. The molecule has 0 unspecified atom stereocenters. The minimum atomic E-state index is 0.868. The zero-order valence-corrected chi connectivity index (χ0v) is 14.6. The summed E-state index contributed by atoms with van der Waals surface area (Å²) >= 11 is 5.61. The number of nitrogens with zero attached hydrogens (tertiary/aromatic N) is 1. The van der Waals surface area contributed by atoms with E-state index in [-0.39, 0.29) is 0 Å². The van der Waals surface area contributed by atoms with Gasteiger partial charge in [-0.25, -0.2) is 0 Å². The second-order valence-electron chi connectivity index (χ2n) is 5.70. The van der Waals surface area contributed by atoms with Gasteiger partial charge in [0.25, 0.3) is 0 Å². The Bertz CT molecular complexity index is 407. The van der Waals surface area contributed by atoms with Crippen molar-refractivity contribution in [2.75, 3.05) is 18.4 Å². The average Bonchev–Trinajstić information content (AvgIpc) is 2.46. The Morgan fingerprint density at radius 2 is 1.67 bits per heavy atom. The lowest BCUT2D eigenvalue weighted by Crippen LogP contribution is -2.36. The Labute approximate surface area is 135 Å². The maximum Gasteiger partial charge on any atom is 0.173 e. The van der Waals surface area contributed by atoms with Gasteiger partial charge in [0, 0.05) is 18.8 Å². The minimum Gasteiger partial charge on any atom is -0.349 e. The van der Waals surface area contributed by atoms with E-state index >= 15 is 0 Å². The van der Waals surface area contributed by atoms with Crippen LogP contribution in [-0.4, -0.2) is 23.1 Å². The molecule has 1 aromatic rings.